The van der Waals surface area contributed by atoms with Gasteiger partial charge in [0.2, 0.25) is 0 Å². The van der Waals surface area contributed by atoms with Gasteiger partial charge < -0.3 is 29.7 Å². The molecule has 0 aliphatic carbocycles. The first kappa shape index (κ1) is 17.2. The van der Waals surface area contributed by atoms with E-state index in [-0.39, 0.29) is 11.2 Å². The van der Waals surface area contributed by atoms with Gasteiger partial charge in [-0.1, -0.05) is 0 Å². The van der Waals surface area contributed by atoms with E-state index in [1.165, 1.54) is 10.9 Å². The van der Waals surface area contributed by atoms with Crippen molar-refractivity contribution < 1.29 is 33.8 Å². The molecule has 4 atom stereocenters. The maximum Gasteiger partial charge on any atom is 0.469 e. The smallest absolute Gasteiger partial charge is 0.387 e. The Morgan fingerprint density at radius 2 is 2.12 bits per heavy atom. The molecule has 0 bridgehead atoms. The highest BCUT2D eigenvalue weighted by Gasteiger charge is 2.45. The zero-order valence-electron chi connectivity index (χ0n) is 12.3. The molecule has 5 N–H and O–H groups in total. The maximum atomic E-state index is 11.8. The number of aliphatic hydroxyl groups excluding tert-OH is 2. The van der Waals surface area contributed by atoms with E-state index in [1.54, 1.807) is 6.92 Å². The molecule has 1 aliphatic rings. The summed E-state index contributed by atoms with van der Waals surface area (Å²) in [6, 6.07) is 0. The summed E-state index contributed by atoms with van der Waals surface area (Å²) in [6.07, 6.45) is -4.00. The van der Waals surface area contributed by atoms with Gasteiger partial charge in [0.1, 0.15) is 24.1 Å². The fourth-order valence-corrected chi connectivity index (χ4v) is 2.83. The topological polar surface area (TPSA) is 180 Å². The van der Waals surface area contributed by atoms with Crippen LogP contribution in [0, 0.1) is 6.92 Å². The van der Waals surface area contributed by atoms with Crippen LogP contribution in [0.25, 0.3) is 11.2 Å². The van der Waals surface area contributed by atoms with Crippen molar-refractivity contribution in [3.63, 3.8) is 0 Å². The number of rotatable bonds is 4. The molecular formula is C11H15N4O8P. The molecular weight excluding hydrogens is 347 g/mol. The molecule has 0 amide bonds. The number of phosphoric acid groups is 1. The third kappa shape index (κ3) is 3.13. The lowest BCUT2D eigenvalue weighted by Gasteiger charge is -2.16. The summed E-state index contributed by atoms with van der Waals surface area (Å²) in [5, 5.41) is 20.1. The molecule has 2 aromatic rings. The quantitative estimate of drug-likeness (QED) is 0.388. The Balaban J connectivity index is 1.90. The minimum Gasteiger partial charge on any atom is -0.387 e. The van der Waals surface area contributed by atoms with E-state index in [9.17, 15) is 19.6 Å². The third-order valence-corrected chi connectivity index (χ3v) is 4.05. The first-order chi connectivity index (χ1) is 11.2. The molecule has 12 nitrogen and oxygen atoms in total. The van der Waals surface area contributed by atoms with Gasteiger partial charge in [-0.05, 0) is 6.92 Å². The van der Waals surface area contributed by atoms with Crippen molar-refractivity contribution in [1.29, 1.82) is 0 Å². The van der Waals surface area contributed by atoms with Crippen molar-refractivity contribution in [2.45, 2.75) is 31.5 Å². The van der Waals surface area contributed by atoms with Gasteiger partial charge in [0.05, 0.1) is 12.9 Å². The van der Waals surface area contributed by atoms with Gasteiger partial charge in [0.25, 0.3) is 5.56 Å². The molecule has 132 valence electrons. The van der Waals surface area contributed by atoms with Crippen LogP contribution in [0.15, 0.2) is 11.1 Å². The summed E-state index contributed by atoms with van der Waals surface area (Å²) in [4.78, 5) is 39.7. The zero-order valence-corrected chi connectivity index (χ0v) is 13.2. The number of ether oxygens (including phenoxy) is 1. The largest absolute Gasteiger partial charge is 0.469 e. The number of hydrogen-bond acceptors (Lipinski definition) is 8. The fourth-order valence-electron chi connectivity index (χ4n) is 2.49. The van der Waals surface area contributed by atoms with Crippen molar-refractivity contribution in [3.05, 3.63) is 22.5 Å². The van der Waals surface area contributed by atoms with Crippen LogP contribution >= 0.6 is 7.82 Å². The van der Waals surface area contributed by atoms with Crippen LogP contribution < -0.4 is 5.56 Å². The molecule has 0 spiro atoms. The zero-order chi connectivity index (χ0) is 17.6. The Kier molecular flexibility index (Phi) is 4.30. The Bertz CT molecular complexity index is 859. The van der Waals surface area contributed by atoms with Crippen LogP contribution in [0.5, 0.6) is 0 Å². The van der Waals surface area contributed by atoms with E-state index < -0.39 is 44.5 Å². The predicted octanol–water partition coefficient (Wildman–Crippen LogP) is -1.84. The Morgan fingerprint density at radius 3 is 2.79 bits per heavy atom. The van der Waals surface area contributed by atoms with Gasteiger partial charge in [-0.3, -0.25) is 13.9 Å². The van der Waals surface area contributed by atoms with E-state index in [2.05, 4.69) is 19.5 Å². The molecule has 3 rings (SSSR count). The number of imidazole rings is 1. The van der Waals surface area contributed by atoms with Crippen molar-refractivity contribution in [3.8, 4) is 0 Å². The summed E-state index contributed by atoms with van der Waals surface area (Å²) in [5.41, 5.74) is -0.296. The molecule has 24 heavy (non-hydrogen) atoms. The van der Waals surface area contributed by atoms with Crippen molar-refractivity contribution in [1.82, 2.24) is 19.5 Å². The Labute approximate surface area is 133 Å². The molecule has 0 radical (unpaired) electrons. The normalized spacial score (nSPS) is 27.9. The van der Waals surface area contributed by atoms with Gasteiger partial charge in [0.15, 0.2) is 17.4 Å². The highest BCUT2D eigenvalue weighted by molar-refractivity contribution is 7.46. The van der Waals surface area contributed by atoms with Crippen molar-refractivity contribution >= 4 is 19.0 Å². The number of phosphoric ester groups is 1. The van der Waals surface area contributed by atoms with E-state index in [4.69, 9.17) is 14.5 Å². The van der Waals surface area contributed by atoms with Gasteiger partial charge in [0, 0.05) is 0 Å². The number of aliphatic hydroxyl groups is 2. The fraction of sp³-hybridized carbons (Fsp3) is 0.545. The lowest BCUT2D eigenvalue weighted by atomic mass is 10.1. The van der Waals surface area contributed by atoms with Crippen LogP contribution in [0.1, 0.15) is 12.1 Å². The number of aromatic nitrogens is 4. The molecule has 0 saturated carbocycles. The minimum absolute atomic E-state index is 0.0285. The second-order valence-corrected chi connectivity index (χ2v) is 6.55. The number of fused-ring (bicyclic) bond motifs is 1. The summed E-state index contributed by atoms with van der Waals surface area (Å²) >= 11 is 0. The maximum absolute atomic E-state index is 11.8. The van der Waals surface area contributed by atoms with Gasteiger partial charge in [-0.2, -0.15) is 0 Å². The molecule has 1 fully saturated rings. The van der Waals surface area contributed by atoms with Crippen LogP contribution in [0.3, 0.4) is 0 Å². The predicted molar refractivity (Wildman–Crippen MR) is 76.8 cm³/mol. The molecule has 13 heteroatoms. The van der Waals surface area contributed by atoms with Gasteiger partial charge in [-0.15, -0.1) is 0 Å². The average Bonchev–Trinajstić information content (AvgIpc) is 3.00. The lowest BCUT2D eigenvalue weighted by molar-refractivity contribution is -0.0504. The summed E-state index contributed by atoms with van der Waals surface area (Å²) < 4.78 is 21.7. The second-order valence-electron chi connectivity index (χ2n) is 5.31. The number of nitrogens with zero attached hydrogens (tertiary/aromatic N) is 3. The standard InChI is InChI=1S/C11H15N4O8P/c1-4-13-9-6(10(18)14-4)12-3-15(9)11-8(17)7(16)5(23-11)2-22-24(19,20)21/h3,5,7-8,11,16-17H,2H2,1H3,(H,13,14,18)(H2,19,20,21)/t5-,7-,8-,11-/m1/s1. The number of hydrogen-bond donors (Lipinski definition) is 5. The van der Waals surface area contributed by atoms with Gasteiger partial charge in [-0.25, -0.2) is 14.5 Å². The molecule has 1 aliphatic heterocycles. The number of aromatic amines is 1. The number of H-pyrrole nitrogens is 1. The van der Waals surface area contributed by atoms with Crippen molar-refractivity contribution in [2.75, 3.05) is 6.61 Å². The van der Waals surface area contributed by atoms with E-state index in [1.807, 2.05) is 0 Å². The van der Waals surface area contributed by atoms with Crippen LogP contribution in [0.4, 0.5) is 0 Å². The lowest BCUT2D eigenvalue weighted by Crippen LogP contribution is -2.33. The highest BCUT2D eigenvalue weighted by Crippen LogP contribution is 2.38. The van der Waals surface area contributed by atoms with Crippen LogP contribution in [-0.4, -0.2) is 64.4 Å². The molecule has 0 aromatic carbocycles. The SMILES string of the molecule is Cc1nc2c(ncn2[C@@H]2O[C@H](COP(=O)(O)O)[C@@H](O)[C@H]2O)c(=O)[nH]1. The first-order valence-electron chi connectivity index (χ1n) is 6.82. The minimum atomic E-state index is -4.75. The molecule has 1 saturated heterocycles. The number of nitrogens with one attached hydrogen (secondary N) is 1. The summed E-state index contributed by atoms with van der Waals surface area (Å²) in [5.74, 6) is 0.323. The van der Waals surface area contributed by atoms with Crippen LogP contribution in [-0.2, 0) is 13.8 Å². The Morgan fingerprint density at radius 1 is 1.42 bits per heavy atom. The number of aryl methyl sites for hydroxylation is 1. The molecule has 2 aromatic heterocycles. The molecule has 0 unspecified atom stereocenters. The van der Waals surface area contributed by atoms with E-state index in [0.717, 1.165) is 0 Å². The van der Waals surface area contributed by atoms with E-state index in [0.29, 0.717) is 5.82 Å². The average molecular weight is 362 g/mol. The van der Waals surface area contributed by atoms with Gasteiger partial charge >= 0.3 is 7.82 Å². The molecule has 3 heterocycles. The van der Waals surface area contributed by atoms with Crippen LogP contribution in [0.2, 0.25) is 0 Å². The Hall–Kier alpha value is -1.66. The first-order valence-corrected chi connectivity index (χ1v) is 8.35. The second kappa shape index (κ2) is 6.01. The highest BCUT2D eigenvalue weighted by atomic mass is 31.2. The summed E-state index contributed by atoms with van der Waals surface area (Å²) in [7, 11) is -4.75. The summed E-state index contributed by atoms with van der Waals surface area (Å²) in [6.45, 7) is 0.939. The monoisotopic (exact) mass is 362 g/mol. The van der Waals surface area contributed by atoms with E-state index >= 15 is 0 Å². The third-order valence-electron chi connectivity index (χ3n) is 3.57. The van der Waals surface area contributed by atoms with Crippen molar-refractivity contribution in [2.24, 2.45) is 0 Å².